The molecule has 0 saturated heterocycles. The van der Waals surface area contributed by atoms with Crippen LogP contribution in [0.5, 0.6) is 0 Å². The van der Waals surface area contributed by atoms with Gasteiger partial charge in [0.05, 0.1) is 18.3 Å². The van der Waals surface area contributed by atoms with Crippen molar-refractivity contribution in [1.29, 1.82) is 0 Å². The second-order valence-electron chi connectivity index (χ2n) is 7.27. The number of likely N-dealkylation sites (N-methyl/N-ethyl adjacent to an activating group) is 1. The third kappa shape index (κ3) is 5.32. The number of nitrogens with zero attached hydrogens (tertiary/aromatic N) is 2. The topological polar surface area (TPSA) is 61.0 Å². The highest BCUT2D eigenvalue weighted by Gasteiger charge is 2.14. The van der Waals surface area contributed by atoms with E-state index in [1.165, 1.54) is 11.9 Å². The second kappa shape index (κ2) is 9.65. The van der Waals surface area contributed by atoms with Crippen molar-refractivity contribution in [2.45, 2.75) is 44.4 Å². The standard InChI is InChI=1S/C22H27ClN4OS/c1-5-15(6-2)18-8-7-17(11-19(18)23)25-21(28)13-27(4)29-20-10-14(3)9-16-12-24-26-22(16)20/h7-12,15H,5-6,13H2,1-4H3,(H,24,26)(H,25,28). The summed E-state index contributed by atoms with van der Waals surface area (Å²) in [6, 6.07) is 9.98. The van der Waals surface area contributed by atoms with Gasteiger partial charge in [-0.15, -0.1) is 0 Å². The highest BCUT2D eigenvalue weighted by Crippen LogP contribution is 2.32. The van der Waals surface area contributed by atoms with Crippen LogP contribution in [0.2, 0.25) is 5.02 Å². The lowest BCUT2D eigenvalue weighted by Gasteiger charge is -2.17. The molecule has 2 aromatic carbocycles. The average Bonchev–Trinajstić information content (AvgIpc) is 3.12. The van der Waals surface area contributed by atoms with Crippen molar-refractivity contribution in [2.75, 3.05) is 18.9 Å². The van der Waals surface area contributed by atoms with Crippen molar-refractivity contribution >= 4 is 46.0 Å². The van der Waals surface area contributed by atoms with Crippen molar-refractivity contribution in [3.63, 3.8) is 0 Å². The maximum Gasteiger partial charge on any atom is 0.239 e. The van der Waals surface area contributed by atoms with Gasteiger partial charge in [0.25, 0.3) is 0 Å². The minimum Gasteiger partial charge on any atom is -0.325 e. The predicted octanol–water partition coefficient (Wildman–Crippen LogP) is 6.01. The third-order valence-electron chi connectivity index (χ3n) is 4.99. The summed E-state index contributed by atoms with van der Waals surface area (Å²) in [7, 11) is 1.90. The van der Waals surface area contributed by atoms with Gasteiger partial charge in [-0.1, -0.05) is 31.5 Å². The molecule has 0 radical (unpaired) electrons. The quantitative estimate of drug-likeness (QED) is 0.430. The van der Waals surface area contributed by atoms with E-state index in [-0.39, 0.29) is 12.5 Å². The van der Waals surface area contributed by atoms with Crippen LogP contribution in [0.25, 0.3) is 10.9 Å². The van der Waals surface area contributed by atoms with Crippen LogP contribution in [0, 0.1) is 6.92 Å². The molecule has 29 heavy (non-hydrogen) atoms. The molecule has 0 atom stereocenters. The van der Waals surface area contributed by atoms with Crippen LogP contribution in [0.1, 0.15) is 43.7 Å². The van der Waals surface area contributed by atoms with Crippen LogP contribution >= 0.6 is 23.5 Å². The van der Waals surface area contributed by atoms with Crippen LogP contribution in [0.15, 0.2) is 41.4 Å². The molecule has 1 aromatic heterocycles. The fourth-order valence-electron chi connectivity index (χ4n) is 3.51. The number of fused-ring (bicyclic) bond motifs is 1. The first-order valence-corrected chi connectivity index (χ1v) is 11.0. The molecule has 0 aliphatic rings. The fraction of sp³-hybridized carbons (Fsp3) is 0.364. The molecule has 1 heterocycles. The molecule has 0 fully saturated rings. The largest absolute Gasteiger partial charge is 0.325 e. The minimum absolute atomic E-state index is 0.0835. The van der Waals surface area contributed by atoms with Gasteiger partial charge >= 0.3 is 0 Å². The normalized spacial score (nSPS) is 11.6. The van der Waals surface area contributed by atoms with E-state index in [2.05, 4.69) is 48.4 Å². The van der Waals surface area contributed by atoms with Gasteiger partial charge in [0.15, 0.2) is 0 Å². The molecule has 154 valence electrons. The van der Waals surface area contributed by atoms with E-state index in [0.717, 1.165) is 45.5 Å². The molecule has 0 unspecified atom stereocenters. The number of hydrogen-bond donors (Lipinski definition) is 2. The Balaban J connectivity index is 1.63. The lowest BCUT2D eigenvalue weighted by Crippen LogP contribution is -2.25. The van der Waals surface area contributed by atoms with E-state index in [1.807, 2.05) is 35.7 Å². The van der Waals surface area contributed by atoms with Gasteiger partial charge < -0.3 is 5.32 Å². The van der Waals surface area contributed by atoms with Crippen LogP contribution in [-0.4, -0.2) is 34.0 Å². The van der Waals surface area contributed by atoms with E-state index in [9.17, 15) is 4.79 Å². The number of anilines is 1. The number of rotatable bonds is 8. The summed E-state index contributed by atoms with van der Waals surface area (Å²) in [5.41, 5.74) is 4.01. The molecule has 0 aliphatic heterocycles. The lowest BCUT2D eigenvalue weighted by atomic mass is 9.94. The van der Waals surface area contributed by atoms with E-state index in [0.29, 0.717) is 10.9 Å². The molecule has 0 saturated carbocycles. The molecule has 1 amide bonds. The maximum atomic E-state index is 12.5. The fourth-order valence-corrected chi connectivity index (χ4v) is 4.85. The number of aryl methyl sites for hydroxylation is 1. The first kappa shape index (κ1) is 21.7. The van der Waals surface area contributed by atoms with Crippen molar-refractivity contribution in [2.24, 2.45) is 0 Å². The SMILES string of the molecule is CCC(CC)c1ccc(NC(=O)CN(C)Sc2cc(C)cc3cn[nH]c23)cc1Cl. The van der Waals surface area contributed by atoms with E-state index in [4.69, 9.17) is 11.6 Å². The molecule has 7 heteroatoms. The molecule has 0 spiro atoms. The monoisotopic (exact) mass is 430 g/mol. The number of benzene rings is 2. The second-order valence-corrected chi connectivity index (χ2v) is 8.93. The van der Waals surface area contributed by atoms with Crippen LogP contribution in [-0.2, 0) is 4.79 Å². The molecule has 2 N–H and O–H groups in total. The summed E-state index contributed by atoms with van der Waals surface area (Å²) in [6.07, 6.45) is 3.91. The van der Waals surface area contributed by atoms with Gasteiger partial charge in [0.2, 0.25) is 5.91 Å². The first-order chi connectivity index (χ1) is 13.9. The van der Waals surface area contributed by atoms with Gasteiger partial charge in [-0.25, -0.2) is 4.31 Å². The van der Waals surface area contributed by atoms with Crippen molar-refractivity contribution in [3.05, 3.63) is 52.7 Å². The smallest absolute Gasteiger partial charge is 0.239 e. The van der Waals surface area contributed by atoms with Crippen molar-refractivity contribution < 1.29 is 4.79 Å². The number of H-pyrrole nitrogens is 1. The molecule has 5 nitrogen and oxygen atoms in total. The zero-order valence-corrected chi connectivity index (χ0v) is 18.8. The summed E-state index contributed by atoms with van der Waals surface area (Å²) in [4.78, 5) is 13.6. The number of amides is 1. The summed E-state index contributed by atoms with van der Waals surface area (Å²) in [5, 5.41) is 11.9. The summed E-state index contributed by atoms with van der Waals surface area (Å²) in [5.74, 6) is 0.364. The van der Waals surface area contributed by atoms with Crippen LogP contribution < -0.4 is 5.32 Å². The number of carbonyl (C=O) groups is 1. The summed E-state index contributed by atoms with van der Waals surface area (Å²) in [6.45, 7) is 6.64. The highest BCUT2D eigenvalue weighted by atomic mass is 35.5. The van der Waals surface area contributed by atoms with Gasteiger partial charge in [0, 0.05) is 21.0 Å². The van der Waals surface area contributed by atoms with Crippen LogP contribution in [0.4, 0.5) is 5.69 Å². The lowest BCUT2D eigenvalue weighted by molar-refractivity contribution is -0.116. The maximum absolute atomic E-state index is 12.5. The summed E-state index contributed by atoms with van der Waals surface area (Å²) >= 11 is 7.98. The molecule has 3 aromatic rings. The number of carbonyl (C=O) groups excluding carboxylic acids is 1. The number of aromatic nitrogens is 2. The molecule has 3 rings (SSSR count). The number of aromatic amines is 1. The molecular weight excluding hydrogens is 404 g/mol. The number of nitrogens with one attached hydrogen (secondary N) is 2. The molecule has 0 aliphatic carbocycles. The van der Waals surface area contributed by atoms with Gasteiger partial charge in [-0.3, -0.25) is 9.89 Å². The Morgan fingerprint density at radius 1 is 1.28 bits per heavy atom. The Morgan fingerprint density at radius 2 is 2.03 bits per heavy atom. The minimum atomic E-state index is -0.0835. The van der Waals surface area contributed by atoms with E-state index < -0.39 is 0 Å². The van der Waals surface area contributed by atoms with Gasteiger partial charge in [0.1, 0.15) is 0 Å². The Bertz CT molecular complexity index is 1000. The summed E-state index contributed by atoms with van der Waals surface area (Å²) < 4.78 is 1.91. The highest BCUT2D eigenvalue weighted by molar-refractivity contribution is 7.97. The Labute approximate surface area is 181 Å². The Kier molecular flexibility index (Phi) is 7.22. The Morgan fingerprint density at radius 3 is 2.72 bits per heavy atom. The molecule has 0 bridgehead atoms. The van der Waals surface area contributed by atoms with Gasteiger partial charge in [-0.05, 0) is 80.1 Å². The number of halogens is 1. The third-order valence-corrected chi connectivity index (χ3v) is 6.27. The zero-order chi connectivity index (χ0) is 21.0. The van der Waals surface area contributed by atoms with Gasteiger partial charge in [-0.2, -0.15) is 5.10 Å². The van der Waals surface area contributed by atoms with E-state index >= 15 is 0 Å². The zero-order valence-electron chi connectivity index (χ0n) is 17.3. The van der Waals surface area contributed by atoms with Crippen molar-refractivity contribution in [3.8, 4) is 0 Å². The Hall–Kier alpha value is -2.02. The van der Waals surface area contributed by atoms with Crippen molar-refractivity contribution in [1.82, 2.24) is 14.5 Å². The molecular formula is C22H27ClN4OS. The predicted molar refractivity (Wildman–Crippen MR) is 123 cm³/mol. The first-order valence-electron chi connectivity index (χ1n) is 9.83. The average molecular weight is 431 g/mol. The van der Waals surface area contributed by atoms with E-state index in [1.54, 1.807) is 0 Å². The van der Waals surface area contributed by atoms with Crippen LogP contribution in [0.3, 0.4) is 0 Å². The number of hydrogen-bond acceptors (Lipinski definition) is 4.